The number of piperazine rings is 1. The van der Waals surface area contributed by atoms with Crippen molar-refractivity contribution in [3.8, 4) is 0 Å². The molecule has 0 amide bonds. The quantitative estimate of drug-likeness (QED) is 0.588. The lowest BCUT2D eigenvalue weighted by Crippen LogP contribution is -2.58. The van der Waals surface area contributed by atoms with Crippen molar-refractivity contribution in [1.82, 2.24) is 20.1 Å². The van der Waals surface area contributed by atoms with E-state index in [4.69, 9.17) is 4.74 Å². The fourth-order valence-corrected chi connectivity index (χ4v) is 4.92. The molecule has 3 aromatic rings. The number of pyridine rings is 1. The molecule has 0 bridgehead atoms. The third kappa shape index (κ3) is 4.90. The molecule has 0 spiro atoms. The van der Waals surface area contributed by atoms with Gasteiger partial charge >= 0.3 is 6.18 Å². The number of aryl methyl sites for hydroxylation is 2. The summed E-state index contributed by atoms with van der Waals surface area (Å²) in [6, 6.07) is 6.09. The zero-order valence-electron chi connectivity index (χ0n) is 20.1. The monoisotopic (exact) mass is 486 g/mol. The molecule has 5 rings (SSSR count). The molecule has 2 fully saturated rings. The van der Waals surface area contributed by atoms with Gasteiger partial charge in [-0.05, 0) is 44.5 Å². The van der Waals surface area contributed by atoms with Gasteiger partial charge in [0.25, 0.3) is 0 Å². The number of nitrogens with zero attached hydrogens (tertiary/aromatic N) is 5. The van der Waals surface area contributed by atoms with Crippen molar-refractivity contribution in [2.45, 2.75) is 39.0 Å². The van der Waals surface area contributed by atoms with Gasteiger partial charge in [0.1, 0.15) is 0 Å². The number of anilines is 2. The summed E-state index contributed by atoms with van der Waals surface area (Å²) in [5.74, 6) is 0.502. The minimum absolute atomic E-state index is 0.354. The summed E-state index contributed by atoms with van der Waals surface area (Å²) in [4.78, 5) is 9.46. The van der Waals surface area contributed by atoms with E-state index in [0.717, 1.165) is 62.0 Å². The topological polar surface area (TPSA) is 66.4 Å². The van der Waals surface area contributed by atoms with E-state index in [1.807, 2.05) is 20.0 Å². The molecule has 2 aliphatic heterocycles. The van der Waals surface area contributed by atoms with Gasteiger partial charge in [0.05, 0.1) is 54.0 Å². The molecule has 186 valence electrons. The number of hydrogen-bond acceptors (Lipinski definition) is 7. The Bertz CT molecular complexity index is 1230. The highest BCUT2D eigenvalue weighted by atomic mass is 19.4. The summed E-state index contributed by atoms with van der Waals surface area (Å²) in [7, 11) is 0. The first kappa shape index (κ1) is 23.7. The van der Waals surface area contributed by atoms with Gasteiger partial charge in [-0.3, -0.25) is 9.88 Å². The van der Waals surface area contributed by atoms with Crippen molar-refractivity contribution in [3.63, 3.8) is 0 Å². The van der Waals surface area contributed by atoms with Gasteiger partial charge in [0, 0.05) is 31.6 Å². The lowest BCUT2D eigenvalue weighted by atomic mass is 10.0. The number of ether oxygens (including phenoxy) is 1. The minimum Gasteiger partial charge on any atom is -0.378 e. The molecule has 10 heteroatoms. The number of hydrogen-bond donors (Lipinski definition) is 1. The van der Waals surface area contributed by atoms with Crippen LogP contribution in [0, 0.1) is 13.8 Å². The van der Waals surface area contributed by atoms with E-state index in [9.17, 15) is 13.2 Å². The summed E-state index contributed by atoms with van der Waals surface area (Å²) in [6.07, 6.45) is -2.54. The zero-order valence-corrected chi connectivity index (χ0v) is 20.1. The summed E-state index contributed by atoms with van der Waals surface area (Å²) >= 11 is 0. The summed E-state index contributed by atoms with van der Waals surface area (Å²) < 4.78 is 45.7. The summed E-state index contributed by atoms with van der Waals surface area (Å²) in [5, 5.41) is 12.7. The molecule has 0 saturated carbocycles. The largest absolute Gasteiger partial charge is 0.416 e. The Balaban J connectivity index is 1.45. The van der Waals surface area contributed by atoms with Crippen molar-refractivity contribution < 1.29 is 17.9 Å². The van der Waals surface area contributed by atoms with Crippen molar-refractivity contribution in [2.75, 3.05) is 49.6 Å². The van der Waals surface area contributed by atoms with Crippen LogP contribution in [0.2, 0.25) is 0 Å². The first-order valence-electron chi connectivity index (χ1n) is 11.8. The lowest BCUT2D eigenvalue weighted by Gasteiger charge is -2.44. The normalized spacial score (nSPS) is 20.1. The average Bonchev–Trinajstić information content (AvgIpc) is 2.84. The first-order valence-corrected chi connectivity index (χ1v) is 11.8. The summed E-state index contributed by atoms with van der Waals surface area (Å²) in [5.41, 5.74) is 2.84. The third-order valence-electron chi connectivity index (χ3n) is 6.85. The SMILES string of the molecule is Cc1cc([C@@H](C)Nc2nnc(C)c3ncc(N4CCN5CCOC[C@@H]5C4)cc23)cc(C(F)(F)F)c1. The van der Waals surface area contributed by atoms with E-state index in [0.29, 0.717) is 28.7 Å². The van der Waals surface area contributed by atoms with Crippen LogP contribution >= 0.6 is 0 Å². The first-order chi connectivity index (χ1) is 16.7. The van der Waals surface area contributed by atoms with Crippen LogP contribution in [0.25, 0.3) is 10.9 Å². The maximum atomic E-state index is 13.3. The van der Waals surface area contributed by atoms with Gasteiger partial charge in [0.15, 0.2) is 5.82 Å². The zero-order chi connectivity index (χ0) is 24.7. The standard InChI is InChI=1S/C25H29F3N6O/c1-15-8-18(10-19(9-15)25(26,27)28)16(2)30-24-22-11-20(12-29-23(22)17(3)31-32-24)34-5-4-33-6-7-35-14-21(33)13-34/h8-12,16,21H,4-7,13-14H2,1-3H3,(H,30,32)/t16-,21+/m1/s1. The Morgan fingerprint density at radius 2 is 1.91 bits per heavy atom. The van der Waals surface area contributed by atoms with E-state index in [1.165, 1.54) is 6.07 Å². The van der Waals surface area contributed by atoms with Crippen molar-refractivity contribution in [3.05, 3.63) is 52.8 Å². The maximum absolute atomic E-state index is 13.3. The molecule has 1 N–H and O–H groups in total. The average molecular weight is 487 g/mol. The Morgan fingerprint density at radius 3 is 2.71 bits per heavy atom. The van der Waals surface area contributed by atoms with Gasteiger partial charge in [0.2, 0.25) is 0 Å². The van der Waals surface area contributed by atoms with Gasteiger partial charge in [-0.2, -0.15) is 18.3 Å². The molecule has 2 aliphatic rings. The molecule has 0 radical (unpaired) electrons. The molecule has 0 aliphatic carbocycles. The second-order valence-corrected chi connectivity index (χ2v) is 9.43. The molecule has 2 atom stereocenters. The van der Waals surface area contributed by atoms with Crippen LogP contribution in [0.4, 0.5) is 24.7 Å². The molecule has 2 aromatic heterocycles. The number of fused-ring (bicyclic) bond motifs is 2. The van der Waals surface area contributed by atoms with E-state index in [-0.39, 0.29) is 0 Å². The van der Waals surface area contributed by atoms with Crippen LogP contribution in [0.3, 0.4) is 0 Å². The number of morpholine rings is 1. The molecule has 2 saturated heterocycles. The Hall–Kier alpha value is -2.98. The predicted molar refractivity (Wildman–Crippen MR) is 129 cm³/mol. The highest BCUT2D eigenvalue weighted by Crippen LogP contribution is 2.34. The molecule has 1 aromatic carbocycles. The van der Waals surface area contributed by atoms with E-state index < -0.39 is 17.8 Å². The van der Waals surface area contributed by atoms with Crippen LogP contribution in [0.1, 0.15) is 35.3 Å². The van der Waals surface area contributed by atoms with E-state index in [1.54, 1.807) is 13.0 Å². The molecule has 0 unspecified atom stereocenters. The van der Waals surface area contributed by atoms with Gasteiger partial charge < -0.3 is 15.0 Å². The summed E-state index contributed by atoms with van der Waals surface area (Å²) in [6.45, 7) is 10.5. The number of aromatic nitrogens is 3. The van der Waals surface area contributed by atoms with Gasteiger partial charge in [-0.25, -0.2) is 0 Å². The Morgan fingerprint density at radius 1 is 1.09 bits per heavy atom. The molecule has 4 heterocycles. The van der Waals surface area contributed by atoms with Crippen molar-refractivity contribution in [2.24, 2.45) is 0 Å². The van der Waals surface area contributed by atoms with Crippen LogP contribution in [0.5, 0.6) is 0 Å². The van der Waals surface area contributed by atoms with Crippen molar-refractivity contribution in [1.29, 1.82) is 0 Å². The lowest BCUT2D eigenvalue weighted by molar-refractivity contribution is -0.137. The highest BCUT2D eigenvalue weighted by molar-refractivity contribution is 5.92. The number of benzene rings is 1. The number of halogens is 3. The Labute approximate surface area is 202 Å². The van der Waals surface area contributed by atoms with Gasteiger partial charge in [-0.15, -0.1) is 5.10 Å². The fourth-order valence-electron chi connectivity index (χ4n) is 4.92. The smallest absolute Gasteiger partial charge is 0.378 e. The predicted octanol–water partition coefficient (Wildman–Crippen LogP) is 4.35. The second kappa shape index (κ2) is 9.23. The minimum atomic E-state index is -4.40. The fraction of sp³-hybridized carbons (Fsp3) is 0.480. The van der Waals surface area contributed by atoms with E-state index >= 15 is 0 Å². The third-order valence-corrected chi connectivity index (χ3v) is 6.85. The van der Waals surface area contributed by atoms with Crippen LogP contribution < -0.4 is 10.2 Å². The molecule has 7 nitrogen and oxygen atoms in total. The van der Waals surface area contributed by atoms with Gasteiger partial charge in [-0.1, -0.05) is 11.6 Å². The molecular formula is C25H29F3N6O. The second-order valence-electron chi connectivity index (χ2n) is 9.43. The number of alkyl halides is 3. The molecule has 35 heavy (non-hydrogen) atoms. The molecular weight excluding hydrogens is 457 g/mol. The van der Waals surface area contributed by atoms with Crippen LogP contribution in [-0.4, -0.2) is 65.5 Å². The van der Waals surface area contributed by atoms with Crippen molar-refractivity contribution >= 4 is 22.4 Å². The highest BCUT2D eigenvalue weighted by Gasteiger charge is 2.32. The number of rotatable bonds is 4. The van der Waals surface area contributed by atoms with Crippen LogP contribution in [0.15, 0.2) is 30.5 Å². The van der Waals surface area contributed by atoms with E-state index in [2.05, 4.69) is 36.4 Å². The Kier molecular flexibility index (Phi) is 6.27. The number of nitrogens with one attached hydrogen (secondary N) is 1. The van der Waals surface area contributed by atoms with Crippen LogP contribution in [-0.2, 0) is 10.9 Å². The maximum Gasteiger partial charge on any atom is 0.416 e.